The van der Waals surface area contributed by atoms with Crippen LogP contribution in [-0.4, -0.2) is 43.1 Å². The van der Waals surface area contributed by atoms with Crippen molar-refractivity contribution in [2.24, 2.45) is 5.16 Å². The lowest BCUT2D eigenvalue weighted by Gasteiger charge is -2.41. The largest absolute Gasteiger partial charge is 0.411 e. The van der Waals surface area contributed by atoms with Crippen molar-refractivity contribution in [3.8, 4) is 0 Å². The highest BCUT2D eigenvalue weighted by Gasteiger charge is 2.42. The van der Waals surface area contributed by atoms with Crippen molar-refractivity contribution >= 4 is 5.71 Å². The van der Waals surface area contributed by atoms with E-state index < -0.39 is 18.7 Å². The van der Waals surface area contributed by atoms with Gasteiger partial charge in [0, 0.05) is 19.1 Å². The van der Waals surface area contributed by atoms with Crippen LogP contribution in [0.2, 0.25) is 0 Å². The maximum Gasteiger partial charge on any atom is 0.184 e. The van der Waals surface area contributed by atoms with Crippen molar-refractivity contribution in [1.29, 1.82) is 0 Å². The normalized spacial score (nSPS) is 35.8. The molecule has 0 spiro atoms. The molecule has 2 aliphatic heterocycles. The summed E-state index contributed by atoms with van der Waals surface area (Å²) in [6.45, 7) is 0.364. The molecule has 0 aliphatic carbocycles. The van der Waals surface area contributed by atoms with Crippen LogP contribution in [0.1, 0.15) is 18.3 Å². The summed E-state index contributed by atoms with van der Waals surface area (Å²) in [5.74, 6) is 0. The summed E-state index contributed by atoms with van der Waals surface area (Å²) in [5.41, 5.74) is 1.45. The van der Waals surface area contributed by atoms with Crippen molar-refractivity contribution < 1.29 is 24.2 Å². The summed E-state index contributed by atoms with van der Waals surface area (Å²) in [6.07, 6.45) is -1.25. The summed E-state index contributed by atoms with van der Waals surface area (Å²) in [6, 6.07) is 9.65. The van der Waals surface area contributed by atoms with Crippen molar-refractivity contribution in [3.63, 3.8) is 0 Å². The number of hydrogen-bond donors (Lipinski definition) is 1. The van der Waals surface area contributed by atoms with E-state index in [0.717, 1.165) is 5.56 Å². The van der Waals surface area contributed by atoms with Crippen LogP contribution in [0.5, 0.6) is 0 Å². The van der Waals surface area contributed by atoms with Gasteiger partial charge < -0.3 is 24.2 Å². The Hall–Kier alpha value is -1.47. The molecule has 2 aliphatic rings. The first-order valence-electron chi connectivity index (χ1n) is 6.53. The Morgan fingerprint density at radius 2 is 2.05 bits per heavy atom. The van der Waals surface area contributed by atoms with Crippen molar-refractivity contribution in [2.45, 2.75) is 31.2 Å². The van der Waals surface area contributed by atoms with Crippen LogP contribution in [0.3, 0.4) is 0 Å². The minimum absolute atomic E-state index is 0.320. The van der Waals surface area contributed by atoms with Crippen LogP contribution in [0, 0.1) is 0 Å². The monoisotopic (exact) mass is 279 g/mol. The fourth-order valence-electron chi connectivity index (χ4n) is 2.49. The Morgan fingerprint density at radius 3 is 2.75 bits per heavy atom. The molecule has 2 heterocycles. The SMILES string of the molecule is COC1C/C(=N/O)C2OC(c3ccccc3)OCC2O1. The molecule has 3 rings (SSSR count). The highest BCUT2D eigenvalue weighted by molar-refractivity contribution is 5.89. The smallest absolute Gasteiger partial charge is 0.184 e. The average Bonchev–Trinajstić information content (AvgIpc) is 2.54. The molecule has 4 unspecified atom stereocenters. The molecular formula is C14H17NO5. The van der Waals surface area contributed by atoms with Crippen molar-refractivity contribution in [1.82, 2.24) is 0 Å². The Kier molecular flexibility index (Phi) is 3.98. The van der Waals surface area contributed by atoms with E-state index in [4.69, 9.17) is 24.2 Å². The van der Waals surface area contributed by atoms with Crippen LogP contribution in [-0.2, 0) is 18.9 Å². The average molecular weight is 279 g/mol. The van der Waals surface area contributed by atoms with Crippen molar-refractivity contribution in [2.75, 3.05) is 13.7 Å². The number of ether oxygens (including phenoxy) is 4. The van der Waals surface area contributed by atoms with E-state index in [1.807, 2.05) is 30.3 Å². The second-order valence-electron chi connectivity index (χ2n) is 4.77. The number of rotatable bonds is 2. The van der Waals surface area contributed by atoms with E-state index in [1.165, 1.54) is 0 Å². The topological polar surface area (TPSA) is 69.5 Å². The van der Waals surface area contributed by atoms with Crippen LogP contribution in [0.15, 0.2) is 35.5 Å². The fraction of sp³-hybridized carbons (Fsp3) is 0.500. The molecule has 1 N–H and O–H groups in total. The Balaban J connectivity index is 1.76. The van der Waals surface area contributed by atoms with Gasteiger partial charge in [0.15, 0.2) is 12.6 Å². The minimum Gasteiger partial charge on any atom is -0.411 e. The zero-order valence-electron chi connectivity index (χ0n) is 11.1. The molecule has 0 radical (unpaired) electrons. The Morgan fingerprint density at radius 1 is 1.25 bits per heavy atom. The standard InChI is InChI=1S/C14H17NO5/c1-17-12-7-10(15-16)13-11(19-12)8-18-14(20-13)9-5-3-2-4-6-9/h2-6,11-14,16H,7-8H2,1H3/b15-10-. The molecule has 0 aromatic heterocycles. The van der Waals surface area contributed by atoms with Crippen LogP contribution in [0.4, 0.5) is 0 Å². The first-order valence-corrected chi connectivity index (χ1v) is 6.53. The highest BCUT2D eigenvalue weighted by Crippen LogP contribution is 2.32. The molecule has 4 atom stereocenters. The zero-order chi connectivity index (χ0) is 13.9. The zero-order valence-corrected chi connectivity index (χ0v) is 11.1. The molecule has 2 saturated heterocycles. The molecule has 6 nitrogen and oxygen atoms in total. The van der Waals surface area contributed by atoms with Gasteiger partial charge in [0.25, 0.3) is 0 Å². The number of fused-ring (bicyclic) bond motifs is 1. The molecule has 0 amide bonds. The quantitative estimate of drug-likeness (QED) is 0.659. The van der Waals surface area contributed by atoms with Gasteiger partial charge in [-0.15, -0.1) is 0 Å². The summed E-state index contributed by atoms with van der Waals surface area (Å²) in [7, 11) is 1.55. The first kappa shape index (κ1) is 13.5. The molecule has 1 aromatic carbocycles. The molecule has 20 heavy (non-hydrogen) atoms. The number of methoxy groups -OCH3 is 1. The number of oxime groups is 1. The van der Waals surface area contributed by atoms with Crippen LogP contribution >= 0.6 is 0 Å². The molecule has 0 bridgehead atoms. The first-order chi connectivity index (χ1) is 9.81. The summed E-state index contributed by atoms with van der Waals surface area (Å²) in [5, 5.41) is 12.5. The van der Waals surface area contributed by atoms with Gasteiger partial charge in [0.05, 0.1) is 12.3 Å². The third-order valence-electron chi connectivity index (χ3n) is 3.51. The lowest BCUT2D eigenvalue weighted by molar-refractivity contribution is -0.286. The van der Waals surface area contributed by atoms with E-state index in [-0.39, 0.29) is 6.10 Å². The molecule has 0 saturated carbocycles. The third-order valence-corrected chi connectivity index (χ3v) is 3.51. The molecule has 2 fully saturated rings. The predicted octanol–water partition coefficient (Wildman–Crippen LogP) is 1.69. The molecule has 6 heteroatoms. The Labute approximate surface area is 116 Å². The van der Waals surface area contributed by atoms with Crippen LogP contribution in [0.25, 0.3) is 0 Å². The fourth-order valence-corrected chi connectivity index (χ4v) is 2.49. The van der Waals surface area contributed by atoms with E-state index in [0.29, 0.717) is 18.7 Å². The predicted molar refractivity (Wildman–Crippen MR) is 69.5 cm³/mol. The van der Waals surface area contributed by atoms with Gasteiger partial charge in [-0.1, -0.05) is 35.5 Å². The second-order valence-corrected chi connectivity index (χ2v) is 4.77. The minimum atomic E-state index is -0.475. The van der Waals surface area contributed by atoms with Crippen molar-refractivity contribution in [3.05, 3.63) is 35.9 Å². The molecular weight excluding hydrogens is 262 g/mol. The lowest BCUT2D eigenvalue weighted by Crippen LogP contribution is -2.53. The summed E-state index contributed by atoms with van der Waals surface area (Å²) in [4.78, 5) is 0. The van der Waals surface area contributed by atoms with Gasteiger partial charge in [0.1, 0.15) is 12.2 Å². The molecule has 108 valence electrons. The van der Waals surface area contributed by atoms with Gasteiger partial charge in [0.2, 0.25) is 0 Å². The highest BCUT2D eigenvalue weighted by atomic mass is 16.7. The van der Waals surface area contributed by atoms with Gasteiger partial charge in [-0.05, 0) is 0 Å². The molecule has 1 aromatic rings. The second kappa shape index (κ2) is 5.88. The summed E-state index contributed by atoms with van der Waals surface area (Å²) < 4.78 is 22.4. The number of hydrogen-bond acceptors (Lipinski definition) is 6. The maximum absolute atomic E-state index is 9.16. The van der Waals surface area contributed by atoms with Gasteiger partial charge in [-0.2, -0.15) is 0 Å². The summed E-state index contributed by atoms with van der Waals surface area (Å²) >= 11 is 0. The van der Waals surface area contributed by atoms with Gasteiger partial charge >= 0.3 is 0 Å². The number of benzene rings is 1. The van der Waals surface area contributed by atoms with Gasteiger partial charge in [-0.25, -0.2) is 0 Å². The van der Waals surface area contributed by atoms with E-state index in [9.17, 15) is 0 Å². The maximum atomic E-state index is 9.16. The third kappa shape index (κ3) is 2.55. The van der Waals surface area contributed by atoms with Crippen LogP contribution < -0.4 is 0 Å². The van der Waals surface area contributed by atoms with Gasteiger partial charge in [-0.3, -0.25) is 0 Å². The van der Waals surface area contributed by atoms with E-state index >= 15 is 0 Å². The lowest BCUT2D eigenvalue weighted by atomic mass is 10.0. The number of nitrogens with zero attached hydrogens (tertiary/aromatic N) is 1. The Bertz CT molecular complexity index is 478. The van der Waals surface area contributed by atoms with E-state index in [2.05, 4.69) is 5.16 Å². The van der Waals surface area contributed by atoms with E-state index in [1.54, 1.807) is 7.11 Å².